The standard InChI is InChI=1S/C19H22N2O3/c1-14-4-2-5-16(12-14)19(23)21-9-7-15(8-10-21)18(22)20-13-17-6-3-11-24-17/h2-6,11-12,15H,7-10,13H2,1H3,(H,20,22). The van der Waals surface area contributed by atoms with Gasteiger partial charge in [-0.2, -0.15) is 0 Å². The van der Waals surface area contributed by atoms with Gasteiger partial charge in [0, 0.05) is 24.6 Å². The highest BCUT2D eigenvalue weighted by Gasteiger charge is 2.27. The van der Waals surface area contributed by atoms with Crippen molar-refractivity contribution < 1.29 is 14.0 Å². The van der Waals surface area contributed by atoms with Crippen LogP contribution in [0.4, 0.5) is 0 Å². The first-order valence-corrected chi connectivity index (χ1v) is 8.29. The third-order valence-electron chi connectivity index (χ3n) is 4.43. The molecule has 0 saturated carbocycles. The third-order valence-corrected chi connectivity index (χ3v) is 4.43. The molecule has 1 fully saturated rings. The Kier molecular flexibility index (Phi) is 4.99. The summed E-state index contributed by atoms with van der Waals surface area (Å²) >= 11 is 0. The second-order valence-corrected chi connectivity index (χ2v) is 6.23. The SMILES string of the molecule is Cc1cccc(C(=O)N2CCC(C(=O)NCc3ccco3)CC2)c1. The fourth-order valence-electron chi connectivity index (χ4n) is 3.04. The highest BCUT2D eigenvalue weighted by atomic mass is 16.3. The Labute approximate surface area is 141 Å². The molecule has 1 aliphatic rings. The first-order valence-electron chi connectivity index (χ1n) is 8.29. The highest BCUT2D eigenvalue weighted by Crippen LogP contribution is 2.20. The minimum atomic E-state index is -0.0403. The summed E-state index contributed by atoms with van der Waals surface area (Å²) in [5.41, 5.74) is 1.80. The van der Waals surface area contributed by atoms with Gasteiger partial charge in [-0.05, 0) is 44.0 Å². The molecular weight excluding hydrogens is 304 g/mol. The van der Waals surface area contributed by atoms with Crippen molar-refractivity contribution in [2.45, 2.75) is 26.3 Å². The number of furan rings is 1. The Morgan fingerprint density at radius 2 is 2.00 bits per heavy atom. The fraction of sp³-hybridized carbons (Fsp3) is 0.368. The number of hydrogen-bond acceptors (Lipinski definition) is 3. The molecule has 126 valence electrons. The van der Waals surface area contributed by atoms with Crippen LogP contribution in [0.3, 0.4) is 0 Å². The van der Waals surface area contributed by atoms with Crippen molar-refractivity contribution in [3.63, 3.8) is 0 Å². The van der Waals surface area contributed by atoms with Gasteiger partial charge in [-0.3, -0.25) is 9.59 Å². The van der Waals surface area contributed by atoms with Gasteiger partial charge in [-0.15, -0.1) is 0 Å². The van der Waals surface area contributed by atoms with Gasteiger partial charge in [0.2, 0.25) is 5.91 Å². The predicted molar refractivity (Wildman–Crippen MR) is 90.4 cm³/mol. The van der Waals surface area contributed by atoms with E-state index in [1.54, 1.807) is 12.3 Å². The second kappa shape index (κ2) is 7.34. The number of nitrogens with one attached hydrogen (secondary N) is 1. The molecule has 1 aliphatic heterocycles. The first-order chi connectivity index (χ1) is 11.6. The molecule has 0 bridgehead atoms. The molecule has 2 amide bonds. The van der Waals surface area contributed by atoms with E-state index in [4.69, 9.17) is 4.42 Å². The van der Waals surface area contributed by atoms with Crippen LogP contribution in [-0.4, -0.2) is 29.8 Å². The number of carbonyl (C=O) groups is 2. The van der Waals surface area contributed by atoms with E-state index in [1.807, 2.05) is 42.2 Å². The quantitative estimate of drug-likeness (QED) is 0.940. The predicted octanol–water partition coefficient (Wildman–Crippen LogP) is 2.76. The smallest absolute Gasteiger partial charge is 0.253 e. The van der Waals surface area contributed by atoms with Crippen molar-refractivity contribution in [3.8, 4) is 0 Å². The Morgan fingerprint density at radius 3 is 2.67 bits per heavy atom. The summed E-state index contributed by atoms with van der Waals surface area (Å²) in [7, 11) is 0. The van der Waals surface area contributed by atoms with Gasteiger partial charge in [-0.1, -0.05) is 17.7 Å². The number of amides is 2. The molecule has 3 rings (SSSR count). The zero-order valence-electron chi connectivity index (χ0n) is 13.8. The molecule has 0 spiro atoms. The molecule has 0 radical (unpaired) electrons. The number of likely N-dealkylation sites (tertiary alicyclic amines) is 1. The fourth-order valence-corrected chi connectivity index (χ4v) is 3.04. The monoisotopic (exact) mass is 326 g/mol. The van der Waals surface area contributed by atoms with Crippen molar-refractivity contribution in [2.75, 3.05) is 13.1 Å². The minimum absolute atomic E-state index is 0.0362. The molecular formula is C19H22N2O3. The molecule has 5 nitrogen and oxygen atoms in total. The number of benzene rings is 1. The number of piperidine rings is 1. The van der Waals surface area contributed by atoms with Crippen LogP contribution in [0, 0.1) is 12.8 Å². The normalized spacial score (nSPS) is 15.3. The molecule has 1 saturated heterocycles. The maximum absolute atomic E-state index is 12.5. The zero-order valence-corrected chi connectivity index (χ0v) is 13.8. The zero-order chi connectivity index (χ0) is 16.9. The van der Waals surface area contributed by atoms with E-state index in [0.29, 0.717) is 32.5 Å². The molecule has 2 aromatic rings. The van der Waals surface area contributed by atoms with Gasteiger partial charge in [0.05, 0.1) is 12.8 Å². The van der Waals surface area contributed by atoms with Gasteiger partial charge in [-0.25, -0.2) is 0 Å². The molecule has 0 aliphatic carbocycles. The number of nitrogens with zero attached hydrogens (tertiary/aromatic N) is 1. The summed E-state index contributed by atoms with van der Waals surface area (Å²) in [6.45, 7) is 3.62. The average molecular weight is 326 g/mol. The summed E-state index contributed by atoms with van der Waals surface area (Å²) in [5.74, 6) is 0.791. The largest absolute Gasteiger partial charge is 0.467 e. The van der Waals surface area contributed by atoms with E-state index in [9.17, 15) is 9.59 Å². The van der Waals surface area contributed by atoms with Crippen LogP contribution in [0.1, 0.15) is 34.5 Å². The van der Waals surface area contributed by atoms with E-state index in [1.165, 1.54) is 0 Å². The Morgan fingerprint density at radius 1 is 1.21 bits per heavy atom. The topological polar surface area (TPSA) is 62.6 Å². The van der Waals surface area contributed by atoms with Crippen molar-refractivity contribution in [2.24, 2.45) is 5.92 Å². The van der Waals surface area contributed by atoms with E-state index < -0.39 is 0 Å². The van der Waals surface area contributed by atoms with Crippen LogP contribution >= 0.6 is 0 Å². The maximum Gasteiger partial charge on any atom is 0.253 e. The molecule has 1 aromatic heterocycles. The van der Waals surface area contributed by atoms with Gasteiger partial charge >= 0.3 is 0 Å². The van der Waals surface area contributed by atoms with E-state index in [0.717, 1.165) is 16.9 Å². The highest BCUT2D eigenvalue weighted by molar-refractivity contribution is 5.94. The molecule has 0 unspecified atom stereocenters. The number of aryl methyl sites for hydroxylation is 1. The van der Waals surface area contributed by atoms with Crippen LogP contribution in [-0.2, 0) is 11.3 Å². The van der Waals surface area contributed by atoms with Crippen molar-refractivity contribution in [1.82, 2.24) is 10.2 Å². The number of hydrogen-bond donors (Lipinski definition) is 1. The lowest BCUT2D eigenvalue weighted by molar-refractivity contribution is -0.126. The van der Waals surface area contributed by atoms with Crippen molar-refractivity contribution >= 4 is 11.8 Å². The lowest BCUT2D eigenvalue weighted by Crippen LogP contribution is -2.42. The van der Waals surface area contributed by atoms with Crippen molar-refractivity contribution in [3.05, 3.63) is 59.5 Å². The van der Waals surface area contributed by atoms with Gasteiger partial charge in [0.1, 0.15) is 5.76 Å². The van der Waals surface area contributed by atoms with Gasteiger partial charge in [0.15, 0.2) is 0 Å². The summed E-state index contributed by atoms with van der Waals surface area (Å²) < 4.78 is 5.21. The summed E-state index contributed by atoms with van der Waals surface area (Å²) in [5, 5.41) is 2.90. The van der Waals surface area contributed by atoms with Crippen LogP contribution in [0.5, 0.6) is 0 Å². The second-order valence-electron chi connectivity index (χ2n) is 6.23. The molecule has 1 aromatic carbocycles. The lowest BCUT2D eigenvalue weighted by atomic mass is 9.95. The molecule has 0 atom stereocenters. The van der Waals surface area contributed by atoms with Crippen LogP contribution in [0.2, 0.25) is 0 Å². The first kappa shape index (κ1) is 16.3. The Hall–Kier alpha value is -2.56. The summed E-state index contributed by atoms with van der Waals surface area (Å²) in [6, 6.07) is 11.3. The number of rotatable bonds is 4. The van der Waals surface area contributed by atoms with Crippen LogP contribution in [0.25, 0.3) is 0 Å². The Balaban J connectivity index is 1.50. The number of carbonyl (C=O) groups excluding carboxylic acids is 2. The van der Waals surface area contributed by atoms with E-state index in [-0.39, 0.29) is 17.7 Å². The molecule has 24 heavy (non-hydrogen) atoms. The van der Waals surface area contributed by atoms with Gasteiger partial charge < -0.3 is 14.6 Å². The van der Waals surface area contributed by atoms with E-state index in [2.05, 4.69) is 5.32 Å². The average Bonchev–Trinajstić information content (AvgIpc) is 3.13. The molecule has 2 heterocycles. The molecule has 1 N–H and O–H groups in total. The lowest BCUT2D eigenvalue weighted by Gasteiger charge is -2.31. The minimum Gasteiger partial charge on any atom is -0.467 e. The Bertz CT molecular complexity index is 701. The molecule has 5 heteroatoms. The van der Waals surface area contributed by atoms with Crippen molar-refractivity contribution in [1.29, 1.82) is 0 Å². The summed E-state index contributed by atoms with van der Waals surface area (Å²) in [6.07, 6.45) is 2.99. The third kappa shape index (κ3) is 3.85. The van der Waals surface area contributed by atoms with Crippen LogP contribution in [0.15, 0.2) is 47.1 Å². The maximum atomic E-state index is 12.5. The van der Waals surface area contributed by atoms with Crippen LogP contribution < -0.4 is 5.32 Å². The van der Waals surface area contributed by atoms with Gasteiger partial charge in [0.25, 0.3) is 5.91 Å². The van der Waals surface area contributed by atoms with E-state index >= 15 is 0 Å². The summed E-state index contributed by atoms with van der Waals surface area (Å²) in [4.78, 5) is 26.6.